The van der Waals surface area contributed by atoms with Crippen LogP contribution >= 0.6 is 0 Å². The summed E-state index contributed by atoms with van der Waals surface area (Å²) in [7, 11) is 0. The van der Waals surface area contributed by atoms with Gasteiger partial charge in [0.05, 0.1) is 0 Å². The number of aliphatic carboxylic acids is 1. The summed E-state index contributed by atoms with van der Waals surface area (Å²) in [5.74, 6) is -1.90. The number of carboxylic acid groups (broad SMARTS) is 1. The molecule has 0 aliphatic carbocycles. The summed E-state index contributed by atoms with van der Waals surface area (Å²) in [6.07, 6.45) is 0.134. The number of ketones is 1. The fourth-order valence-corrected chi connectivity index (χ4v) is 0.458. The average Bonchev–Trinajstić information content (AvgIpc) is 1.63. The smallest absolute Gasteiger partial charge is 0.372 e. The van der Waals surface area contributed by atoms with Crippen molar-refractivity contribution in [1.29, 1.82) is 0 Å². The monoisotopic (exact) mass is 148 g/mol. The second-order valence-corrected chi connectivity index (χ2v) is 2.33. The van der Waals surface area contributed by atoms with E-state index in [1.54, 1.807) is 13.8 Å². The van der Waals surface area contributed by atoms with Crippen LogP contribution in [0.5, 0.6) is 0 Å². The standard InChI is InChI=1S/C6H10O3.H2O/c1-4(2)3-5(7)6(8)9;/h4H,3H2,1-2H3,(H,8,9);1H2. The number of rotatable bonds is 3. The van der Waals surface area contributed by atoms with Gasteiger partial charge in [0, 0.05) is 6.42 Å². The lowest BCUT2D eigenvalue weighted by Gasteiger charge is -1.97. The maximum absolute atomic E-state index is 10.4. The molecule has 0 radical (unpaired) electrons. The Labute approximate surface area is 59.2 Å². The van der Waals surface area contributed by atoms with E-state index in [1.165, 1.54) is 0 Å². The Hall–Kier alpha value is -0.900. The minimum atomic E-state index is -1.33. The molecule has 0 bridgehead atoms. The van der Waals surface area contributed by atoms with Gasteiger partial charge in [0.25, 0.3) is 0 Å². The summed E-state index contributed by atoms with van der Waals surface area (Å²) in [6, 6.07) is 0. The zero-order valence-corrected chi connectivity index (χ0v) is 6.05. The lowest BCUT2D eigenvalue weighted by molar-refractivity contribution is -0.149. The third kappa shape index (κ3) is 5.24. The molecule has 0 aliphatic heterocycles. The van der Waals surface area contributed by atoms with Gasteiger partial charge in [-0.05, 0) is 5.92 Å². The lowest BCUT2D eigenvalue weighted by Crippen LogP contribution is -2.14. The third-order valence-electron chi connectivity index (χ3n) is 0.832. The van der Waals surface area contributed by atoms with Crippen molar-refractivity contribution >= 4 is 11.8 Å². The SMILES string of the molecule is CC(C)CC(=O)C(=O)O.O. The van der Waals surface area contributed by atoms with Gasteiger partial charge in [-0.2, -0.15) is 0 Å². The van der Waals surface area contributed by atoms with E-state index in [-0.39, 0.29) is 17.8 Å². The van der Waals surface area contributed by atoms with Crippen LogP contribution in [0.15, 0.2) is 0 Å². The van der Waals surface area contributed by atoms with Crippen molar-refractivity contribution in [2.75, 3.05) is 0 Å². The second kappa shape index (κ2) is 4.93. The van der Waals surface area contributed by atoms with E-state index in [2.05, 4.69) is 0 Å². The van der Waals surface area contributed by atoms with Crippen LogP contribution in [0.25, 0.3) is 0 Å². The number of hydrogen-bond acceptors (Lipinski definition) is 2. The highest BCUT2D eigenvalue weighted by atomic mass is 16.4. The molecule has 3 N–H and O–H groups in total. The Bertz CT molecular complexity index is 128. The number of hydrogen-bond donors (Lipinski definition) is 1. The highest BCUT2D eigenvalue weighted by Crippen LogP contribution is 1.99. The van der Waals surface area contributed by atoms with Gasteiger partial charge in [-0.25, -0.2) is 4.79 Å². The molecule has 4 nitrogen and oxygen atoms in total. The third-order valence-corrected chi connectivity index (χ3v) is 0.832. The molecule has 0 rings (SSSR count). The van der Waals surface area contributed by atoms with Crippen LogP contribution in [0.1, 0.15) is 20.3 Å². The van der Waals surface area contributed by atoms with E-state index in [0.717, 1.165) is 0 Å². The van der Waals surface area contributed by atoms with E-state index < -0.39 is 11.8 Å². The molecule has 0 aromatic heterocycles. The van der Waals surface area contributed by atoms with Crippen LogP contribution in [0.2, 0.25) is 0 Å². The number of carboxylic acids is 1. The molecule has 10 heavy (non-hydrogen) atoms. The summed E-state index contributed by atoms with van der Waals surface area (Å²) >= 11 is 0. The van der Waals surface area contributed by atoms with Gasteiger partial charge in [-0.1, -0.05) is 13.8 Å². The van der Waals surface area contributed by atoms with E-state index >= 15 is 0 Å². The van der Waals surface area contributed by atoms with Crippen molar-refractivity contribution in [2.45, 2.75) is 20.3 Å². The minimum Gasteiger partial charge on any atom is -0.476 e. The summed E-state index contributed by atoms with van der Waals surface area (Å²) < 4.78 is 0. The van der Waals surface area contributed by atoms with Crippen LogP contribution in [-0.2, 0) is 9.59 Å². The number of carbonyl (C=O) groups is 2. The minimum absolute atomic E-state index is 0. The summed E-state index contributed by atoms with van der Waals surface area (Å²) in [6.45, 7) is 3.61. The van der Waals surface area contributed by atoms with Crippen molar-refractivity contribution in [1.82, 2.24) is 0 Å². The van der Waals surface area contributed by atoms with Crippen molar-refractivity contribution in [3.05, 3.63) is 0 Å². The molecule has 0 amide bonds. The molecular weight excluding hydrogens is 136 g/mol. The van der Waals surface area contributed by atoms with Crippen LogP contribution in [0, 0.1) is 5.92 Å². The zero-order valence-electron chi connectivity index (χ0n) is 6.05. The predicted octanol–water partition coefficient (Wildman–Crippen LogP) is -0.139. The van der Waals surface area contributed by atoms with Gasteiger partial charge in [-0.15, -0.1) is 0 Å². The first kappa shape index (κ1) is 11.8. The molecule has 4 heteroatoms. The molecule has 0 saturated heterocycles. The van der Waals surface area contributed by atoms with E-state index in [4.69, 9.17) is 5.11 Å². The first-order valence-corrected chi connectivity index (χ1v) is 2.80. The van der Waals surface area contributed by atoms with Crippen LogP contribution in [-0.4, -0.2) is 22.3 Å². The second-order valence-electron chi connectivity index (χ2n) is 2.33. The molecule has 0 fully saturated rings. The maximum atomic E-state index is 10.4. The fourth-order valence-electron chi connectivity index (χ4n) is 0.458. The largest absolute Gasteiger partial charge is 0.476 e. The van der Waals surface area contributed by atoms with Crippen molar-refractivity contribution in [2.24, 2.45) is 5.92 Å². The van der Waals surface area contributed by atoms with Crippen LogP contribution in [0.3, 0.4) is 0 Å². The quantitative estimate of drug-likeness (QED) is 0.565. The highest BCUT2D eigenvalue weighted by Gasteiger charge is 2.11. The number of Topliss-reactive ketones (excluding diaryl/α,β-unsaturated/α-hetero) is 1. The van der Waals surface area contributed by atoms with E-state index in [0.29, 0.717) is 0 Å². The van der Waals surface area contributed by atoms with E-state index in [9.17, 15) is 9.59 Å². The molecule has 0 aliphatic rings. The van der Waals surface area contributed by atoms with E-state index in [1.807, 2.05) is 0 Å². The molecule has 0 heterocycles. The Kier molecular flexibility index (Phi) is 5.84. The van der Waals surface area contributed by atoms with Crippen molar-refractivity contribution in [3.8, 4) is 0 Å². The normalized spacial score (nSPS) is 8.70. The molecule has 0 aromatic carbocycles. The van der Waals surface area contributed by atoms with Gasteiger partial charge < -0.3 is 10.6 Å². The van der Waals surface area contributed by atoms with Gasteiger partial charge in [0.15, 0.2) is 0 Å². The highest BCUT2D eigenvalue weighted by molar-refractivity contribution is 6.32. The van der Waals surface area contributed by atoms with Crippen LogP contribution in [0.4, 0.5) is 0 Å². The zero-order chi connectivity index (χ0) is 7.44. The van der Waals surface area contributed by atoms with Gasteiger partial charge >= 0.3 is 5.97 Å². The van der Waals surface area contributed by atoms with Gasteiger partial charge in [0.1, 0.15) is 0 Å². The van der Waals surface area contributed by atoms with Gasteiger partial charge in [-0.3, -0.25) is 4.79 Å². The number of carbonyl (C=O) groups excluding carboxylic acids is 1. The Balaban J connectivity index is 0. The Morgan fingerprint density at radius 1 is 1.40 bits per heavy atom. The van der Waals surface area contributed by atoms with Crippen molar-refractivity contribution in [3.63, 3.8) is 0 Å². The molecule has 0 spiro atoms. The lowest BCUT2D eigenvalue weighted by atomic mass is 10.1. The molecule has 0 unspecified atom stereocenters. The molecular formula is C6H12O4. The molecule has 60 valence electrons. The topological polar surface area (TPSA) is 85.9 Å². The van der Waals surface area contributed by atoms with Crippen LogP contribution < -0.4 is 0 Å². The fraction of sp³-hybridized carbons (Fsp3) is 0.667. The summed E-state index contributed by atoms with van der Waals surface area (Å²) in [4.78, 5) is 20.2. The van der Waals surface area contributed by atoms with Gasteiger partial charge in [0.2, 0.25) is 5.78 Å². The first-order chi connectivity index (χ1) is 4.04. The molecule has 0 saturated carbocycles. The Morgan fingerprint density at radius 2 is 1.80 bits per heavy atom. The maximum Gasteiger partial charge on any atom is 0.372 e. The summed E-state index contributed by atoms with van der Waals surface area (Å²) in [5, 5.41) is 8.08. The average molecular weight is 148 g/mol. The molecule has 0 atom stereocenters. The van der Waals surface area contributed by atoms with Crippen molar-refractivity contribution < 1.29 is 20.2 Å². The molecule has 0 aromatic rings. The Morgan fingerprint density at radius 3 is 1.90 bits per heavy atom. The predicted molar refractivity (Wildman–Crippen MR) is 35.7 cm³/mol. The first-order valence-electron chi connectivity index (χ1n) is 2.80. The summed E-state index contributed by atoms with van der Waals surface area (Å²) in [5.41, 5.74) is 0.